The molecule has 0 saturated carbocycles. The van der Waals surface area contributed by atoms with E-state index < -0.39 is 0 Å². The third-order valence-electron chi connectivity index (χ3n) is 2.83. The van der Waals surface area contributed by atoms with Gasteiger partial charge < -0.3 is 10.5 Å². The fraction of sp³-hybridized carbons (Fsp3) is 0.636. The second-order valence-electron chi connectivity index (χ2n) is 4.16. The van der Waals surface area contributed by atoms with Crippen LogP contribution >= 0.6 is 11.3 Å². The van der Waals surface area contributed by atoms with Crippen LogP contribution in [0.15, 0.2) is 11.4 Å². The van der Waals surface area contributed by atoms with E-state index in [1.165, 1.54) is 10.4 Å². The van der Waals surface area contributed by atoms with Crippen LogP contribution in [0.1, 0.15) is 30.4 Å². The summed E-state index contributed by atoms with van der Waals surface area (Å²) in [6, 6.07) is 2.27. The van der Waals surface area contributed by atoms with Crippen LogP contribution in [0.2, 0.25) is 0 Å². The van der Waals surface area contributed by atoms with Crippen molar-refractivity contribution < 1.29 is 4.74 Å². The van der Waals surface area contributed by atoms with Crippen molar-refractivity contribution in [2.24, 2.45) is 11.7 Å². The number of thiophene rings is 1. The van der Waals surface area contributed by atoms with Crippen molar-refractivity contribution in [1.29, 1.82) is 0 Å². The Hall–Kier alpha value is -0.380. The Kier molecular flexibility index (Phi) is 2.91. The van der Waals surface area contributed by atoms with Gasteiger partial charge in [-0.1, -0.05) is 13.8 Å². The number of hydrogen-bond acceptors (Lipinski definition) is 3. The topological polar surface area (TPSA) is 35.2 Å². The summed E-state index contributed by atoms with van der Waals surface area (Å²) in [7, 11) is 0. The summed E-state index contributed by atoms with van der Waals surface area (Å²) in [6.45, 7) is 5.11. The zero-order valence-corrected chi connectivity index (χ0v) is 9.51. The fourth-order valence-corrected chi connectivity index (χ4v) is 2.74. The molecule has 0 radical (unpaired) electrons. The van der Waals surface area contributed by atoms with Gasteiger partial charge in [0.25, 0.3) is 0 Å². The maximum absolute atomic E-state index is 6.14. The standard InChI is InChI=1S/C11H17NOS/c1-7(2)10(12)11-8-4-6-14-9(8)3-5-13-11/h4,6-7,10-11H,3,5,12H2,1-2H3/t10?,11-/m0/s1. The summed E-state index contributed by atoms with van der Waals surface area (Å²) in [6.07, 6.45) is 1.17. The van der Waals surface area contributed by atoms with Crippen LogP contribution in [-0.4, -0.2) is 12.6 Å². The van der Waals surface area contributed by atoms with Crippen LogP contribution in [-0.2, 0) is 11.2 Å². The summed E-state index contributed by atoms with van der Waals surface area (Å²) < 4.78 is 5.77. The Morgan fingerprint density at radius 2 is 2.36 bits per heavy atom. The molecular weight excluding hydrogens is 194 g/mol. The monoisotopic (exact) mass is 211 g/mol. The highest BCUT2D eigenvalue weighted by Gasteiger charge is 2.28. The van der Waals surface area contributed by atoms with Gasteiger partial charge in [-0.2, -0.15) is 0 Å². The highest BCUT2D eigenvalue weighted by molar-refractivity contribution is 7.10. The van der Waals surface area contributed by atoms with Gasteiger partial charge in [-0.05, 0) is 22.9 Å². The highest BCUT2D eigenvalue weighted by atomic mass is 32.1. The summed E-state index contributed by atoms with van der Waals surface area (Å²) in [5.74, 6) is 0.464. The lowest BCUT2D eigenvalue weighted by Crippen LogP contribution is -2.37. The number of ether oxygens (including phenoxy) is 1. The Balaban J connectivity index is 2.23. The minimum atomic E-state index is 0.114. The second-order valence-corrected chi connectivity index (χ2v) is 5.16. The number of nitrogens with two attached hydrogens (primary N) is 1. The molecule has 0 saturated heterocycles. The van der Waals surface area contributed by atoms with Gasteiger partial charge in [0, 0.05) is 17.3 Å². The Morgan fingerprint density at radius 1 is 1.57 bits per heavy atom. The third kappa shape index (κ3) is 1.72. The largest absolute Gasteiger partial charge is 0.371 e. The second kappa shape index (κ2) is 4.01. The Labute approximate surface area is 89.1 Å². The smallest absolute Gasteiger partial charge is 0.0989 e. The first-order valence-corrected chi connectivity index (χ1v) is 6.01. The van der Waals surface area contributed by atoms with Crippen LogP contribution in [0.3, 0.4) is 0 Å². The van der Waals surface area contributed by atoms with Gasteiger partial charge >= 0.3 is 0 Å². The molecule has 0 amide bonds. The van der Waals surface area contributed by atoms with E-state index >= 15 is 0 Å². The molecule has 2 rings (SSSR count). The molecule has 1 unspecified atom stereocenters. The number of hydrogen-bond donors (Lipinski definition) is 1. The van der Waals surface area contributed by atoms with Gasteiger partial charge in [0.05, 0.1) is 12.7 Å². The molecule has 1 aromatic heterocycles. The van der Waals surface area contributed by atoms with Crippen molar-refractivity contribution >= 4 is 11.3 Å². The van der Waals surface area contributed by atoms with Crippen molar-refractivity contribution in [3.8, 4) is 0 Å². The lowest BCUT2D eigenvalue weighted by atomic mass is 9.93. The normalized spacial score (nSPS) is 23.6. The van der Waals surface area contributed by atoms with E-state index in [0.717, 1.165) is 13.0 Å². The van der Waals surface area contributed by atoms with Crippen molar-refractivity contribution in [3.05, 3.63) is 21.9 Å². The molecule has 1 aliphatic rings. The summed E-state index contributed by atoms with van der Waals surface area (Å²) in [5, 5.41) is 2.14. The van der Waals surface area contributed by atoms with E-state index in [2.05, 4.69) is 25.3 Å². The molecule has 3 heteroatoms. The molecule has 0 spiro atoms. The number of fused-ring (bicyclic) bond motifs is 1. The van der Waals surface area contributed by atoms with Gasteiger partial charge in [0.1, 0.15) is 0 Å². The summed E-state index contributed by atoms with van der Waals surface area (Å²) in [4.78, 5) is 1.46. The third-order valence-corrected chi connectivity index (χ3v) is 3.83. The van der Waals surface area contributed by atoms with Crippen LogP contribution < -0.4 is 5.73 Å². The molecule has 1 aromatic rings. The molecule has 2 nitrogen and oxygen atoms in total. The van der Waals surface area contributed by atoms with Crippen molar-refractivity contribution in [2.45, 2.75) is 32.4 Å². The molecule has 1 aliphatic heterocycles. The first-order chi connectivity index (χ1) is 6.70. The van der Waals surface area contributed by atoms with Gasteiger partial charge in [-0.3, -0.25) is 0 Å². The van der Waals surface area contributed by atoms with Gasteiger partial charge in [-0.15, -0.1) is 11.3 Å². The molecule has 0 aromatic carbocycles. The van der Waals surface area contributed by atoms with E-state index in [9.17, 15) is 0 Å². The summed E-state index contributed by atoms with van der Waals surface area (Å²) >= 11 is 1.82. The van der Waals surface area contributed by atoms with E-state index in [0.29, 0.717) is 5.92 Å². The predicted molar refractivity (Wildman–Crippen MR) is 59.5 cm³/mol. The molecule has 14 heavy (non-hydrogen) atoms. The quantitative estimate of drug-likeness (QED) is 0.815. The SMILES string of the molecule is CC(C)C(N)[C@H]1OCCc2sccc21. The zero-order valence-electron chi connectivity index (χ0n) is 8.69. The fourth-order valence-electron chi connectivity index (χ4n) is 1.84. The van der Waals surface area contributed by atoms with Crippen LogP contribution in [0.5, 0.6) is 0 Å². The Bertz CT molecular complexity index is 308. The molecule has 0 fully saturated rings. The lowest BCUT2D eigenvalue weighted by Gasteiger charge is -2.30. The van der Waals surface area contributed by atoms with E-state index in [4.69, 9.17) is 10.5 Å². The first kappa shape index (κ1) is 10.1. The molecule has 2 heterocycles. The molecular formula is C11H17NOS. The predicted octanol–water partition coefficient (Wildman–Crippen LogP) is 2.35. The van der Waals surface area contributed by atoms with Gasteiger partial charge in [0.2, 0.25) is 0 Å². The molecule has 78 valence electrons. The van der Waals surface area contributed by atoms with Crippen molar-refractivity contribution in [2.75, 3.05) is 6.61 Å². The van der Waals surface area contributed by atoms with E-state index in [1.807, 2.05) is 11.3 Å². The summed E-state index contributed by atoms with van der Waals surface area (Å²) in [5.41, 5.74) is 7.47. The molecule has 2 N–H and O–H groups in total. The van der Waals surface area contributed by atoms with Crippen molar-refractivity contribution in [3.63, 3.8) is 0 Å². The maximum Gasteiger partial charge on any atom is 0.0989 e. The van der Waals surface area contributed by atoms with Crippen LogP contribution in [0, 0.1) is 5.92 Å². The Morgan fingerprint density at radius 3 is 3.07 bits per heavy atom. The van der Waals surface area contributed by atoms with Gasteiger partial charge in [0.15, 0.2) is 0 Å². The first-order valence-electron chi connectivity index (χ1n) is 5.13. The highest BCUT2D eigenvalue weighted by Crippen LogP contribution is 2.34. The van der Waals surface area contributed by atoms with Crippen molar-refractivity contribution in [1.82, 2.24) is 0 Å². The molecule has 0 aliphatic carbocycles. The maximum atomic E-state index is 6.14. The average molecular weight is 211 g/mol. The molecule has 2 atom stereocenters. The minimum absolute atomic E-state index is 0.114. The van der Waals surface area contributed by atoms with E-state index in [-0.39, 0.29) is 12.1 Å². The number of rotatable bonds is 2. The molecule has 0 bridgehead atoms. The lowest BCUT2D eigenvalue weighted by molar-refractivity contribution is 0.0155. The zero-order chi connectivity index (χ0) is 10.1. The van der Waals surface area contributed by atoms with Crippen LogP contribution in [0.25, 0.3) is 0 Å². The van der Waals surface area contributed by atoms with Gasteiger partial charge in [-0.25, -0.2) is 0 Å². The average Bonchev–Trinajstić information content (AvgIpc) is 2.63. The van der Waals surface area contributed by atoms with Crippen LogP contribution in [0.4, 0.5) is 0 Å². The minimum Gasteiger partial charge on any atom is -0.371 e. The van der Waals surface area contributed by atoms with E-state index in [1.54, 1.807) is 0 Å².